The zero-order valence-electron chi connectivity index (χ0n) is 8.18. The van der Waals surface area contributed by atoms with Crippen LogP contribution in [0.5, 0.6) is 0 Å². The monoisotopic (exact) mass is 190 g/mol. The molecule has 0 unspecified atom stereocenters. The van der Waals surface area contributed by atoms with Crippen LogP contribution in [0.2, 0.25) is 0 Å². The van der Waals surface area contributed by atoms with E-state index in [1.54, 1.807) is 7.11 Å². The largest absolute Gasteiger partial charge is 0.481 e. The molecule has 0 saturated heterocycles. The van der Waals surface area contributed by atoms with E-state index in [9.17, 15) is 0 Å². The molecule has 0 aliphatic carbocycles. The molecule has 1 aromatic rings. The van der Waals surface area contributed by atoms with Gasteiger partial charge in [-0.15, -0.1) is 12.8 Å². The minimum atomic E-state index is 0.248. The van der Waals surface area contributed by atoms with E-state index >= 15 is 0 Å². The fraction of sp³-hybridized carbons (Fsp3) is 0.182. The molecule has 74 valence electrons. The van der Waals surface area contributed by atoms with E-state index in [0.717, 1.165) is 5.56 Å². The van der Waals surface area contributed by atoms with Gasteiger partial charge in [-0.05, 0) is 12.1 Å². The summed E-state index contributed by atoms with van der Waals surface area (Å²) in [5.41, 5.74) is 6.22. The maximum absolute atomic E-state index is 5.27. The molecule has 0 heterocycles. The van der Waals surface area contributed by atoms with Gasteiger partial charge < -0.3 is 10.5 Å². The summed E-state index contributed by atoms with van der Waals surface area (Å²) in [5, 5.41) is 0. The third kappa shape index (κ3) is 3.74. The zero-order chi connectivity index (χ0) is 10.8. The van der Waals surface area contributed by atoms with Gasteiger partial charge >= 0.3 is 0 Å². The Morgan fingerprint density at radius 3 is 2.36 bits per heavy atom. The molecule has 0 aliphatic heterocycles. The van der Waals surface area contributed by atoms with Gasteiger partial charge in [-0.1, -0.05) is 18.2 Å². The van der Waals surface area contributed by atoms with Gasteiger partial charge in [0.15, 0.2) is 0 Å². The molecular weight excluding hydrogens is 176 g/mol. The molecule has 0 spiro atoms. The lowest BCUT2D eigenvalue weighted by Crippen LogP contribution is -2.07. The first kappa shape index (κ1) is 12.2. The number of ether oxygens (including phenoxy) is 1. The van der Waals surface area contributed by atoms with Gasteiger partial charge in [0.05, 0.1) is 13.8 Å². The van der Waals surface area contributed by atoms with Crippen molar-refractivity contribution in [1.82, 2.24) is 0 Å². The highest BCUT2D eigenvalue weighted by Gasteiger charge is 1.99. The van der Waals surface area contributed by atoms with Crippen LogP contribution >= 0.6 is 0 Å². The average Bonchev–Trinajstić information content (AvgIpc) is 2.30. The van der Waals surface area contributed by atoms with Crippen LogP contribution in [0.1, 0.15) is 5.56 Å². The lowest BCUT2D eigenvalue weighted by Gasteiger charge is -2.03. The Morgan fingerprint density at radius 1 is 1.36 bits per heavy atom. The van der Waals surface area contributed by atoms with E-state index in [2.05, 4.69) is 17.8 Å². The topological polar surface area (TPSA) is 47.6 Å². The van der Waals surface area contributed by atoms with Gasteiger partial charge in [-0.3, -0.25) is 0 Å². The van der Waals surface area contributed by atoms with Crippen molar-refractivity contribution in [3.63, 3.8) is 0 Å². The van der Waals surface area contributed by atoms with E-state index < -0.39 is 0 Å². The Balaban J connectivity index is 0.000000791. The molecule has 0 radical (unpaired) electrons. The summed E-state index contributed by atoms with van der Waals surface area (Å²) in [4.78, 5) is 3.99. The van der Waals surface area contributed by atoms with Gasteiger partial charge in [-0.2, -0.15) is 0 Å². The molecule has 0 saturated carbocycles. The molecule has 0 amide bonds. The van der Waals surface area contributed by atoms with Gasteiger partial charge in [0.1, 0.15) is 0 Å². The molecular formula is C11H14N2O. The second-order valence-corrected chi connectivity index (χ2v) is 2.22. The number of aliphatic imine (C=N–C) groups is 1. The molecule has 3 nitrogen and oxygen atoms in total. The zero-order valence-corrected chi connectivity index (χ0v) is 8.18. The summed E-state index contributed by atoms with van der Waals surface area (Å²) in [6.45, 7) is 0.248. The molecule has 0 aromatic heterocycles. The fourth-order valence-electron chi connectivity index (χ4n) is 0.937. The minimum absolute atomic E-state index is 0.248. The molecule has 0 atom stereocenters. The predicted octanol–water partition coefficient (Wildman–Crippen LogP) is 1.25. The van der Waals surface area contributed by atoms with Crippen LogP contribution in [0.4, 0.5) is 0 Å². The summed E-state index contributed by atoms with van der Waals surface area (Å²) < 4.78 is 5.05. The molecule has 3 heteroatoms. The second-order valence-electron chi connectivity index (χ2n) is 2.22. The molecule has 1 rings (SSSR count). The number of nitrogens with two attached hydrogens (primary N) is 1. The number of hydrogen-bond donors (Lipinski definition) is 1. The Bertz CT molecular complexity index is 291. The fourth-order valence-corrected chi connectivity index (χ4v) is 0.937. The van der Waals surface area contributed by atoms with Crippen molar-refractivity contribution in [2.45, 2.75) is 0 Å². The van der Waals surface area contributed by atoms with Crippen LogP contribution in [0.3, 0.4) is 0 Å². The van der Waals surface area contributed by atoms with Crippen molar-refractivity contribution < 1.29 is 4.74 Å². The first-order valence-corrected chi connectivity index (χ1v) is 4.05. The van der Waals surface area contributed by atoms with Crippen LogP contribution in [0.25, 0.3) is 0 Å². The number of hydrogen-bond acceptors (Lipinski definition) is 3. The maximum atomic E-state index is 5.27. The second kappa shape index (κ2) is 7.84. The smallest absolute Gasteiger partial charge is 0.217 e. The van der Waals surface area contributed by atoms with Crippen molar-refractivity contribution in [1.29, 1.82) is 0 Å². The first-order valence-electron chi connectivity index (χ1n) is 4.05. The van der Waals surface area contributed by atoms with E-state index in [0.29, 0.717) is 5.90 Å². The van der Waals surface area contributed by atoms with Gasteiger partial charge in [-0.25, -0.2) is 4.99 Å². The standard InChI is InChI=1S/C9H12N2O.C2H2/c1-12-9(11-7-10)8-5-3-2-4-6-8;1-2/h2-6H,7,10H2,1H3;1-2H/b11-9-;. The maximum Gasteiger partial charge on any atom is 0.217 e. The van der Waals surface area contributed by atoms with Gasteiger partial charge in [0, 0.05) is 5.56 Å². The number of benzene rings is 1. The lowest BCUT2D eigenvalue weighted by atomic mass is 10.2. The summed E-state index contributed by atoms with van der Waals surface area (Å²) >= 11 is 0. The van der Waals surface area contributed by atoms with Gasteiger partial charge in [0.2, 0.25) is 5.90 Å². The summed E-state index contributed by atoms with van der Waals surface area (Å²) in [6, 6.07) is 9.66. The van der Waals surface area contributed by atoms with E-state index in [4.69, 9.17) is 10.5 Å². The average molecular weight is 190 g/mol. The third-order valence-corrected chi connectivity index (χ3v) is 1.45. The predicted molar refractivity (Wildman–Crippen MR) is 58.9 cm³/mol. The van der Waals surface area contributed by atoms with Crippen molar-refractivity contribution >= 4 is 5.90 Å². The molecule has 14 heavy (non-hydrogen) atoms. The number of methoxy groups -OCH3 is 1. The molecule has 0 bridgehead atoms. The number of rotatable bonds is 2. The summed E-state index contributed by atoms with van der Waals surface area (Å²) in [7, 11) is 1.58. The first-order chi connectivity index (χ1) is 6.88. The Morgan fingerprint density at radius 2 is 1.93 bits per heavy atom. The Labute approximate surface area is 84.6 Å². The van der Waals surface area contributed by atoms with Gasteiger partial charge in [0.25, 0.3) is 0 Å². The Kier molecular flexibility index (Phi) is 6.84. The van der Waals surface area contributed by atoms with Crippen LogP contribution in [0, 0.1) is 12.8 Å². The van der Waals surface area contributed by atoms with E-state index in [1.807, 2.05) is 30.3 Å². The van der Waals surface area contributed by atoms with Crippen LogP contribution < -0.4 is 5.73 Å². The van der Waals surface area contributed by atoms with Crippen molar-refractivity contribution in [3.05, 3.63) is 35.9 Å². The highest BCUT2D eigenvalue weighted by Crippen LogP contribution is 2.00. The van der Waals surface area contributed by atoms with E-state index in [-0.39, 0.29) is 6.67 Å². The summed E-state index contributed by atoms with van der Waals surface area (Å²) in [6.07, 6.45) is 8.00. The third-order valence-electron chi connectivity index (χ3n) is 1.45. The van der Waals surface area contributed by atoms with E-state index in [1.165, 1.54) is 0 Å². The molecule has 0 fully saturated rings. The lowest BCUT2D eigenvalue weighted by molar-refractivity contribution is 0.402. The van der Waals surface area contributed by atoms with Crippen LogP contribution in [-0.4, -0.2) is 19.7 Å². The van der Waals surface area contributed by atoms with Crippen LogP contribution in [-0.2, 0) is 4.74 Å². The molecule has 0 aliphatic rings. The SMILES string of the molecule is C#C.CO/C(=N\CN)c1ccccc1. The van der Waals surface area contributed by atoms with Crippen molar-refractivity contribution in [2.75, 3.05) is 13.8 Å². The highest BCUT2D eigenvalue weighted by molar-refractivity contribution is 5.93. The highest BCUT2D eigenvalue weighted by atomic mass is 16.5. The Hall–Kier alpha value is -1.79. The normalized spacial score (nSPS) is 9.86. The molecule has 1 aromatic carbocycles. The number of nitrogens with zero attached hydrogens (tertiary/aromatic N) is 1. The summed E-state index contributed by atoms with van der Waals surface area (Å²) in [5.74, 6) is 0.582. The number of terminal acetylenes is 1. The molecule has 2 N–H and O–H groups in total. The van der Waals surface area contributed by atoms with Crippen molar-refractivity contribution in [2.24, 2.45) is 10.7 Å². The quantitative estimate of drug-likeness (QED) is 0.433. The van der Waals surface area contributed by atoms with Crippen molar-refractivity contribution in [3.8, 4) is 12.8 Å². The minimum Gasteiger partial charge on any atom is -0.481 e. The van der Waals surface area contributed by atoms with Crippen LogP contribution in [0.15, 0.2) is 35.3 Å².